The summed E-state index contributed by atoms with van der Waals surface area (Å²) >= 11 is 0. The van der Waals surface area contributed by atoms with Gasteiger partial charge >= 0.3 is 0 Å². The maximum absolute atomic E-state index is 12.5. The molecule has 4 nitrogen and oxygen atoms in total. The Morgan fingerprint density at radius 3 is 2.11 bits per heavy atom. The number of benzene rings is 1. The summed E-state index contributed by atoms with van der Waals surface area (Å²) in [4.78, 5) is 0.133. The lowest BCUT2D eigenvalue weighted by atomic mass is 10.1. The van der Waals surface area contributed by atoms with Crippen molar-refractivity contribution in [2.75, 3.05) is 6.61 Å². The van der Waals surface area contributed by atoms with Crippen LogP contribution in [0.15, 0.2) is 40.9 Å². The van der Waals surface area contributed by atoms with E-state index in [2.05, 4.69) is 51.1 Å². The molecule has 2 atom stereocenters. The molecule has 0 bridgehead atoms. The van der Waals surface area contributed by atoms with Crippen LogP contribution < -0.4 is 5.11 Å². The van der Waals surface area contributed by atoms with Crippen LogP contribution in [-0.4, -0.2) is 37.3 Å². The summed E-state index contributed by atoms with van der Waals surface area (Å²) < 4.78 is 29.5. The van der Waals surface area contributed by atoms with Crippen LogP contribution in [-0.2, 0) is 14.3 Å². The van der Waals surface area contributed by atoms with E-state index < -0.39 is 32.4 Å². The summed E-state index contributed by atoms with van der Waals surface area (Å²) in [6.07, 6.45) is 2.19. The molecule has 0 heterocycles. The molecule has 0 saturated carbocycles. The molecule has 0 aromatic heterocycles. The Hall–Kier alpha value is -0.736. The number of aryl methyl sites for hydroxylation is 1. The van der Waals surface area contributed by atoms with Crippen molar-refractivity contribution in [2.24, 2.45) is 0 Å². The molecule has 0 aliphatic rings. The van der Waals surface area contributed by atoms with Crippen LogP contribution in [0.1, 0.15) is 18.4 Å². The van der Waals surface area contributed by atoms with E-state index in [0.717, 1.165) is 5.56 Å². The first-order valence-corrected chi connectivity index (χ1v) is 18.1. The van der Waals surface area contributed by atoms with Crippen molar-refractivity contribution in [1.29, 1.82) is 0 Å². The fourth-order valence-corrected chi connectivity index (χ4v) is 6.16. The van der Waals surface area contributed by atoms with Gasteiger partial charge in [-0.3, -0.25) is 4.18 Å². The first kappa shape index (κ1) is 24.3. The Balaban J connectivity index is 2.63. The second kappa shape index (κ2) is 9.65. The first-order chi connectivity index (χ1) is 12.2. The van der Waals surface area contributed by atoms with Gasteiger partial charge in [-0.1, -0.05) is 75.2 Å². The second-order valence-electron chi connectivity index (χ2n) is 9.43. The molecule has 0 aliphatic carbocycles. The molecule has 0 radical (unpaired) electrons. The van der Waals surface area contributed by atoms with Crippen LogP contribution in [0.3, 0.4) is 0 Å². The molecule has 0 amide bonds. The van der Waals surface area contributed by atoms with Gasteiger partial charge in [-0.15, -0.1) is 6.10 Å². The van der Waals surface area contributed by atoms with Crippen LogP contribution in [0.4, 0.5) is 0 Å². The lowest BCUT2D eigenvalue weighted by Gasteiger charge is -2.33. The second-order valence-corrected chi connectivity index (χ2v) is 21.6. The van der Waals surface area contributed by atoms with E-state index in [-0.39, 0.29) is 17.9 Å². The first-order valence-electron chi connectivity index (χ1n) is 9.52. The van der Waals surface area contributed by atoms with Gasteiger partial charge in [-0.05, 0) is 31.0 Å². The molecule has 7 heteroatoms. The highest BCUT2D eigenvalue weighted by atomic mass is 32.2. The van der Waals surface area contributed by atoms with Gasteiger partial charge in [0, 0.05) is 0 Å². The highest BCUT2D eigenvalue weighted by molar-refractivity contribution is 7.86. The van der Waals surface area contributed by atoms with Gasteiger partial charge in [0.2, 0.25) is 0 Å². The van der Waals surface area contributed by atoms with Crippen LogP contribution in [0.2, 0.25) is 44.8 Å². The minimum atomic E-state index is -3.80. The van der Waals surface area contributed by atoms with E-state index in [9.17, 15) is 13.5 Å². The lowest BCUT2D eigenvalue weighted by Crippen LogP contribution is -2.35. The van der Waals surface area contributed by atoms with Crippen molar-refractivity contribution >= 4 is 26.3 Å². The summed E-state index contributed by atoms with van der Waals surface area (Å²) in [6.45, 7) is 15.5. The zero-order chi connectivity index (χ0) is 20.9. The molecule has 0 N–H and O–H groups in total. The largest absolute Gasteiger partial charge is 0.852 e. The molecule has 154 valence electrons. The zero-order valence-corrected chi connectivity index (χ0v) is 20.6. The Bertz CT molecular complexity index is 714. The number of hydrogen-bond acceptors (Lipinski definition) is 4. The summed E-state index contributed by atoms with van der Waals surface area (Å²) in [7, 11) is -6.61. The van der Waals surface area contributed by atoms with Gasteiger partial charge in [0.05, 0.1) is 27.7 Å². The summed E-state index contributed by atoms with van der Waals surface area (Å²) in [6, 6.07) is 6.52. The molecule has 0 saturated heterocycles. The van der Waals surface area contributed by atoms with Crippen LogP contribution in [0.25, 0.3) is 0 Å². The molecular formula is C20H35O4SSi2-. The minimum Gasteiger partial charge on any atom is -0.852 e. The van der Waals surface area contributed by atoms with Crippen LogP contribution >= 0.6 is 0 Å². The van der Waals surface area contributed by atoms with Crippen molar-refractivity contribution in [3.05, 3.63) is 41.6 Å². The van der Waals surface area contributed by atoms with Crippen molar-refractivity contribution in [3.8, 4) is 0 Å². The lowest BCUT2D eigenvalue weighted by molar-refractivity contribution is -0.422. The Kier molecular flexibility index (Phi) is 8.68. The maximum Gasteiger partial charge on any atom is 0.296 e. The van der Waals surface area contributed by atoms with Crippen LogP contribution in [0.5, 0.6) is 0 Å². The summed E-state index contributed by atoms with van der Waals surface area (Å²) in [5.41, 5.74) is 3.61. The van der Waals surface area contributed by atoms with Crippen molar-refractivity contribution in [2.45, 2.75) is 75.6 Å². The molecule has 0 fully saturated rings. The Labute approximate surface area is 167 Å². The number of rotatable bonds is 10. The third-order valence-electron chi connectivity index (χ3n) is 4.45. The van der Waals surface area contributed by atoms with Gasteiger partial charge in [0.1, 0.15) is 0 Å². The topological polar surface area (TPSA) is 66.4 Å². The zero-order valence-electron chi connectivity index (χ0n) is 17.8. The smallest absolute Gasteiger partial charge is 0.296 e. The number of hydrogen-bond donors (Lipinski definition) is 0. The standard InChI is InChI=1S/C20H35O4SSi2/c1-17-8-10-19(11-9-17)25(22,23)24-14-12-18(21)16-20(27(5,6)7)13-15-26(2,3)4/h8-11,13,15,18,20H,12,14,16H2,1-7H3/q-1/b15-13+/t18-,20?/m0/s1. The normalized spacial score (nSPS) is 15.9. The van der Waals surface area contributed by atoms with Gasteiger partial charge in [-0.25, -0.2) is 0 Å². The highest BCUT2D eigenvalue weighted by Crippen LogP contribution is 2.29. The molecule has 0 spiro atoms. The molecule has 1 unspecified atom stereocenters. The molecule has 1 rings (SSSR count). The fourth-order valence-electron chi connectivity index (χ4n) is 2.59. The van der Waals surface area contributed by atoms with E-state index in [4.69, 9.17) is 4.18 Å². The molecular weight excluding hydrogens is 392 g/mol. The van der Waals surface area contributed by atoms with Gasteiger partial charge < -0.3 is 5.11 Å². The minimum absolute atomic E-state index is 0.0689. The molecule has 1 aromatic rings. The highest BCUT2D eigenvalue weighted by Gasteiger charge is 2.25. The van der Waals surface area contributed by atoms with Gasteiger partial charge in [0.25, 0.3) is 10.1 Å². The van der Waals surface area contributed by atoms with E-state index in [0.29, 0.717) is 12.0 Å². The van der Waals surface area contributed by atoms with Gasteiger partial charge in [0.15, 0.2) is 0 Å². The van der Waals surface area contributed by atoms with E-state index >= 15 is 0 Å². The third kappa shape index (κ3) is 9.34. The maximum atomic E-state index is 12.5. The third-order valence-corrected chi connectivity index (χ3v) is 9.62. The van der Waals surface area contributed by atoms with Crippen molar-refractivity contribution < 1.29 is 17.7 Å². The van der Waals surface area contributed by atoms with Crippen molar-refractivity contribution in [3.63, 3.8) is 0 Å². The summed E-state index contributed by atoms with van der Waals surface area (Å²) in [5, 5.41) is 12.5. The average Bonchev–Trinajstić information content (AvgIpc) is 2.49. The van der Waals surface area contributed by atoms with E-state index in [1.165, 1.54) is 12.1 Å². The van der Waals surface area contributed by atoms with Gasteiger partial charge in [-0.2, -0.15) is 8.42 Å². The Morgan fingerprint density at radius 1 is 1.07 bits per heavy atom. The van der Waals surface area contributed by atoms with E-state index in [1.54, 1.807) is 12.1 Å². The molecule has 0 aliphatic heterocycles. The van der Waals surface area contributed by atoms with Crippen molar-refractivity contribution in [1.82, 2.24) is 0 Å². The van der Waals surface area contributed by atoms with Crippen LogP contribution in [0, 0.1) is 6.92 Å². The molecule has 27 heavy (non-hydrogen) atoms. The Morgan fingerprint density at radius 2 is 1.63 bits per heavy atom. The number of allylic oxidation sites excluding steroid dienone is 1. The predicted molar refractivity (Wildman–Crippen MR) is 117 cm³/mol. The monoisotopic (exact) mass is 427 g/mol. The summed E-state index contributed by atoms with van der Waals surface area (Å²) in [5.74, 6) is 0. The van der Waals surface area contributed by atoms with E-state index in [1.807, 2.05) is 6.92 Å². The molecule has 1 aromatic carbocycles. The fraction of sp³-hybridized carbons (Fsp3) is 0.600. The predicted octanol–water partition coefficient (Wildman–Crippen LogP) is 4.35. The SMILES string of the molecule is Cc1ccc(S(=O)(=O)OCC[C@H]([O-])CC(/C=C/[Si](C)(C)C)[Si](C)(C)C)cc1. The average molecular weight is 428 g/mol. The quantitative estimate of drug-likeness (QED) is 0.411.